The number of hydrogen-bond donors (Lipinski definition) is 1. The molecular weight excluding hydrogens is 258 g/mol. The highest BCUT2D eigenvalue weighted by Crippen LogP contribution is 2.19. The molecule has 0 unspecified atom stereocenters. The number of aromatic nitrogens is 2. The Kier molecular flexibility index (Phi) is 3.12. The first kappa shape index (κ1) is 12.0. The molecule has 90 valence electrons. The van der Waals surface area contributed by atoms with Gasteiger partial charge < -0.3 is 0 Å². The van der Waals surface area contributed by atoms with Gasteiger partial charge in [0.05, 0.1) is 4.90 Å². The second-order valence-electron chi connectivity index (χ2n) is 3.54. The van der Waals surface area contributed by atoms with Crippen LogP contribution in [0.5, 0.6) is 0 Å². The van der Waals surface area contributed by atoms with Crippen molar-refractivity contribution < 1.29 is 8.42 Å². The summed E-state index contributed by atoms with van der Waals surface area (Å²) in [5, 5.41) is 8.47. The first-order valence-corrected chi connectivity index (χ1v) is 7.17. The van der Waals surface area contributed by atoms with Gasteiger partial charge in [0.1, 0.15) is 5.01 Å². The Morgan fingerprint density at radius 3 is 2.29 bits per heavy atom. The van der Waals surface area contributed by atoms with Gasteiger partial charge in [0.15, 0.2) is 0 Å². The minimum absolute atomic E-state index is 0.218. The van der Waals surface area contributed by atoms with E-state index in [1.54, 1.807) is 31.2 Å². The molecule has 2 rings (SSSR count). The molecular formula is C10H11N3O2S2. The van der Waals surface area contributed by atoms with Crippen molar-refractivity contribution >= 4 is 26.5 Å². The number of hydrogen-bond acceptors (Lipinski definition) is 5. The molecule has 0 saturated heterocycles. The minimum atomic E-state index is -3.56. The molecule has 0 amide bonds. The molecule has 7 heteroatoms. The second kappa shape index (κ2) is 4.42. The number of sulfonamides is 1. The summed E-state index contributed by atoms with van der Waals surface area (Å²) in [6, 6.07) is 6.62. The summed E-state index contributed by atoms with van der Waals surface area (Å²) in [6.45, 7) is 3.67. The molecule has 0 atom stereocenters. The lowest BCUT2D eigenvalue weighted by Gasteiger charge is -2.04. The van der Waals surface area contributed by atoms with Crippen LogP contribution in [0.25, 0.3) is 0 Å². The molecule has 0 fully saturated rings. The lowest BCUT2D eigenvalue weighted by Crippen LogP contribution is -2.12. The van der Waals surface area contributed by atoms with Crippen LogP contribution < -0.4 is 4.72 Å². The third-order valence-electron chi connectivity index (χ3n) is 2.08. The van der Waals surface area contributed by atoms with Crippen LogP contribution in [0.2, 0.25) is 0 Å². The molecule has 0 radical (unpaired) electrons. The van der Waals surface area contributed by atoms with E-state index in [2.05, 4.69) is 14.9 Å². The third kappa shape index (κ3) is 2.80. The highest BCUT2D eigenvalue weighted by Gasteiger charge is 2.15. The molecule has 1 heterocycles. The van der Waals surface area contributed by atoms with Crippen LogP contribution in [0.4, 0.5) is 5.13 Å². The van der Waals surface area contributed by atoms with Crippen LogP contribution in [-0.4, -0.2) is 18.6 Å². The van der Waals surface area contributed by atoms with Gasteiger partial charge in [-0.2, -0.15) is 0 Å². The van der Waals surface area contributed by atoms with E-state index in [0.717, 1.165) is 5.56 Å². The molecule has 5 nitrogen and oxygen atoms in total. The summed E-state index contributed by atoms with van der Waals surface area (Å²) in [7, 11) is -3.56. The lowest BCUT2D eigenvalue weighted by molar-refractivity contribution is 0.601. The average Bonchev–Trinajstić information content (AvgIpc) is 2.63. The summed E-state index contributed by atoms with van der Waals surface area (Å²) in [4.78, 5) is 0.218. The zero-order chi connectivity index (χ0) is 12.5. The largest absolute Gasteiger partial charge is 0.263 e. The molecule has 1 aromatic carbocycles. The molecule has 17 heavy (non-hydrogen) atoms. The van der Waals surface area contributed by atoms with E-state index >= 15 is 0 Å². The van der Waals surface area contributed by atoms with E-state index in [1.807, 2.05) is 6.92 Å². The van der Waals surface area contributed by atoms with Crippen LogP contribution in [0.3, 0.4) is 0 Å². The fourth-order valence-electron chi connectivity index (χ4n) is 1.23. The van der Waals surface area contributed by atoms with Crippen molar-refractivity contribution in [3.63, 3.8) is 0 Å². The number of rotatable bonds is 3. The van der Waals surface area contributed by atoms with Crippen LogP contribution in [0.15, 0.2) is 29.2 Å². The summed E-state index contributed by atoms with van der Waals surface area (Å²) >= 11 is 1.20. The normalized spacial score (nSPS) is 11.4. The molecule has 1 N–H and O–H groups in total. The molecule has 0 saturated carbocycles. The maximum absolute atomic E-state index is 11.9. The van der Waals surface area contributed by atoms with E-state index in [4.69, 9.17) is 0 Å². The van der Waals surface area contributed by atoms with Gasteiger partial charge in [0.25, 0.3) is 10.0 Å². The van der Waals surface area contributed by atoms with Crippen molar-refractivity contribution in [2.75, 3.05) is 4.72 Å². The Bertz CT molecular complexity index is 617. The predicted molar refractivity (Wildman–Crippen MR) is 66.6 cm³/mol. The van der Waals surface area contributed by atoms with Gasteiger partial charge in [-0.15, -0.1) is 10.2 Å². The van der Waals surface area contributed by atoms with Crippen LogP contribution in [0, 0.1) is 13.8 Å². The van der Waals surface area contributed by atoms with Gasteiger partial charge in [-0.25, -0.2) is 8.42 Å². The number of benzene rings is 1. The van der Waals surface area contributed by atoms with E-state index in [-0.39, 0.29) is 10.0 Å². The van der Waals surface area contributed by atoms with Crippen LogP contribution >= 0.6 is 11.3 Å². The summed E-state index contributed by atoms with van der Waals surface area (Å²) < 4.78 is 26.3. The smallest absolute Gasteiger partial charge is 0.253 e. The van der Waals surface area contributed by atoms with Crippen molar-refractivity contribution in [3.05, 3.63) is 34.8 Å². The standard InChI is InChI=1S/C10H11N3O2S2/c1-7-3-5-9(6-4-7)17(14,15)13-10-12-11-8(2)16-10/h3-6H,1-2H3,(H,12,13). The van der Waals surface area contributed by atoms with Gasteiger partial charge in [-0.3, -0.25) is 4.72 Å². The molecule has 0 aliphatic rings. The molecule has 0 bridgehead atoms. The Labute approximate surface area is 104 Å². The number of anilines is 1. The van der Waals surface area contributed by atoms with Gasteiger partial charge >= 0.3 is 0 Å². The van der Waals surface area contributed by atoms with Crippen LogP contribution in [-0.2, 0) is 10.0 Å². The predicted octanol–water partition coefficient (Wildman–Crippen LogP) is 1.96. The third-order valence-corrected chi connectivity index (χ3v) is 4.32. The Hall–Kier alpha value is -1.47. The Morgan fingerprint density at radius 2 is 1.76 bits per heavy atom. The van der Waals surface area contributed by atoms with Crippen molar-refractivity contribution in [1.29, 1.82) is 0 Å². The molecule has 1 aromatic heterocycles. The first-order valence-electron chi connectivity index (χ1n) is 4.87. The quantitative estimate of drug-likeness (QED) is 0.924. The lowest BCUT2D eigenvalue weighted by atomic mass is 10.2. The summed E-state index contributed by atoms with van der Waals surface area (Å²) in [6.07, 6.45) is 0. The Morgan fingerprint density at radius 1 is 1.12 bits per heavy atom. The van der Waals surface area contributed by atoms with Gasteiger partial charge in [-0.1, -0.05) is 29.0 Å². The summed E-state index contributed by atoms with van der Waals surface area (Å²) in [5.41, 5.74) is 1.01. The van der Waals surface area contributed by atoms with E-state index < -0.39 is 10.0 Å². The van der Waals surface area contributed by atoms with Crippen molar-refractivity contribution in [2.45, 2.75) is 18.7 Å². The van der Waals surface area contributed by atoms with Gasteiger partial charge in [-0.05, 0) is 26.0 Å². The highest BCUT2D eigenvalue weighted by molar-refractivity contribution is 7.93. The molecule has 0 aliphatic heterocycles. The molecule has 2 aromatic rings. The average molecular weight is 269 g/mol. The SMILES string of the molecule is Cc1ccc(S(=O)(=O)Nc2nnc(C)s2)cc1. The van der Waals surface area contributed by atoms with E-state index in [1.165, 1.54) is 11.3 Å². The highest BCUT2D eigenvalue weighted by atomic mass is 32.2. The van der Waals surface area contributed by atoms with Gasteiger partial charge in [0.2, 0.25) is 5.13 Å². The maximum atomic E-state index is 11.9. The Balaban J connectivity index is 2.28. The number of aryl methyl sites for hydroxylation is 2. The van der Waals surface area contributed by atoms with Gasteiger partial charge in [0, 0.05) is 0 Å². The monoisotopic (exact) mass is 269 g/mol. The molecule has 0 aliphatic carbocycles. The topological polar surface area (TPSA) is 72.0 Å². The zero-order valence-electron chi connectivity index (χ0n) is 9.34. The zero-order valence-corrected chi connectivity index (χ0v) is 11.0. The maximum Gasteiger partial charge on any atom is 0.263 e. The van der Waals surface area contributed by atoms with Crippen LogP contribution in [0.1, 0.15) is 10.6 Å². The fourth-order valence-corrected chi connectivity index (χ4v) is 3.05. The first-order chi connectivity index (χ1) is 7.97. The summed E-state index contributed by atoms with van der Waals surface area (Å²) in [5.74, 6) is 0. The number of nitrogens with zero attached hydrogens (tertiary/aromatic N) is 2. The molecule has 0 spiro atoms. The number of nitrogens with one attached hydrogen (secondary N) is 1. The van der Waals surface area contributed by atoms with Crippen molar-refractivity contribution in [2.24, 2.45) is 0 Å². The van der Waals surface area contributed by atoms with E-state index in [0.29, 0.717) is 5.01 Å². The fraction of sp³-hybridized carbons (Fsp3) is 0.200. The van der Waals surface area contributed by atoms with Crippen molar-refractivity contribution in [3.8, 4) is 0 Å². The minimum Gasteiger partial charge on any atom is -0.253 e. The van der Waals surface area contributed by atoms with Crippen molar-refractivity contribution in [1.82, 2.24) is 10.2 Å². The second-order valence-corrected chi connectivity index (χ2v) is 6.41. The van der Waals surface area contributed by atoms with E-state index in [9.17, 15) is 8.42 Å².